The Bertz CT molecular complexity index is 432. The Labute approximate surface area is 102 Å². The highest BCUT2D eigenvalue weighted by atomic mass is 79.9. The molecular formula is C10H12BrN3O2. The van der Waals surface area contributed by atoms with Gasteiger partial charge in [-0.25, -0.2) is 4.98 Å². The lowest BCUT2D eigenvalue weighted by atomic mass is 10.2. The summed E-state index contributed by atoms with van der Waals surface area (Å²) in [5, 5.41) is 13.9. The molecule has 0 spiro atoms. The maximum atomic E-state index is 10.7. The molecule has 0 aliphatic heterocycles. The highest BCUT2D eigenvalue weighted by molar-refractivity contribution is 9.10. The molecule has 1 aromatic rings. The van der Waals surface area contributed by atoms with Crippen LogP contribution >= 0.6 is 15.9 Å². The van der Waals surface area contributed by atoms with Crippen LogP contribution in [0.1, 0.15) is 18.4 Å². The first-order valence-electron chi connectivity index (χ1n) is 5.13. The number of aromatic nitrogens is 1. The van der Waals surface area contributed by atoms with Gasteiger partial charge < -0.3 is 5.32 Å². The molecule has 1 aromatic heterocycles. The van der Waals surface area contributed by atoms with E-state index in [9.17, 15) is 10.1 Å². The zero-order valence-electron chi connectivity index (χ0n) is 8.86. The van der Waals surface area contributed by atoms with E-state index in [0.29, 0.717) is 15.9 Å². The number of nitrogens with zero attached hydrogens (tertiary/aromatic N) is 2. The minimum Gasteiger partial charge on any atom is -0.369 e. The van der Waals surface area contributed by atoms with E-state index in [0.717, 1.165) is 12.5 Å². The van der Waals surface area contributed by atoms with Crippen LogP contribution in [0.3, 0.4) is 0 Å². The average molecular weight is 286 g/mol. The molecule has 1 N–H and O–H groups in total. The van der Waals surface area contributed by atoms with Gasteiger partial charge >= 0.3 is 0 Å². The fourth-order valence-electron chi connectivity index (χ4n) is 1.44. The first kappa shape index (κ1) is 11.3. The van der Waals surface area contributed by atoms with Gasteiger partial charge in [0, 0.05) is 12.1 Å². The third-order valence-corrected chi connectivity index (χ3v) is 3.66. The predicted octanol–water partition coefficient (Wildman–Crippen LogP) is 2.88. The SMILES string of the molecule is Cc1c([N+](=O)[O-])cnc(NCC2CC2)c1Br. The normalized spacial score (nSPS) is 14.9. The molecular weight excluding hydrogens is 274 g/mol. The maximum Gasteiger partial charge on any atom is 0.291 e. The number of nitro groups is 1. The Hall–Kier alpha value is -1.17. The molecule has 1 saturated carbocycles. The summed E-state index contributed by atoms with van der Waals surface area (Å²) >= 11 is 3.34. The largest absolute Gasteiger partial charge is 0.369 e. The standard InChI is InChI=1S/C10H12BrN3O2/c1-6-8(14(15)16)5-13-10(9(6)11)12-4-7-2-3-7/h5,7H,2-4H2,1H3,(H,12,13). The molecule has 0 amide bonds. The van der Waals surface area contributed by atoms with Crippen molar-refractivity contribution in [3.8, 4) is 0 Å². The van der Waals surface area contributed by atoms with Crippen molar-refractivity contribution in [2.45, 2.75) is 19.8 Å². The molecule has 6 heteroatoms. The van der Waals surface area contributed by atoms with E-state index >= 15 is 0 Å². The fourth-order valence-corrected chi connectivity index (χ4v) is 1.89. The van der Waals surface area contributed by atoms with Crippen LogP contribution in [0.4, 0.5) is 11.5 Å². The van der Waals surface area contributed by atoms with Crippen molar-refractivity contribution in [2.75, 3.05) is 11.9 Å². The molecule has 1 aliphatic carbocycles. The lowest BCUT2D eigenvalue weighted by Crippen LogP contribution is -2.07. The number of anilines is 1. The Kier molecular flexibility index (Phi) is 3.09. The van der Waals surface area contributed by atoms with Crippen molar-refractivity contribution in [3.63, 3.8) is 0 Å². The number of hydrogen-bond donors (Lipinski definition) is 1. The molecule has 1 heterocycles. The number of nitrogens with one attached hydrogen (secondary N) is 1. The summed E-state index contributed by atoms with van der Waals surface area (Å²) in [6.45, 7) is 2.61. The second-order valence-corrected chi connectivity index (χ2v) is 4.81. The topological polar surface area (TPSA) is 68.1 Å². The lowest BCUT2D eigenvalue weighted by Gasteiger charge is -2.08. The Morgan fingerprint density at radius 2 is 2.38 bits per heavy atom. The van der Waals surface area contributed by atoms with Crippen LogP contribution in [0.2, 0.25) is 0 Å². The quantitative estimate of drug-likeness (QED) is 0.682. The summed E-state index contributed by atoms with van der Waals surface area (Å²) in [7, 11) is 0. The van der Waals surface area contributed by atoms with Crippen LogP contribution in [0.15, 0.2) is 10.7 Å². The highest BCUT2D eigenvalue weighted by Gasteiger charge is 2.22. The van der Waals surface area contributed by atoms with Crippen molar-refractivity contribution in [1.82, 2.24) is 4.98 Å². The predicted molar refractivity (Wildman–Crippen MR) is 64.5 cm³/mol. The second kappa shape index (κ2) is 4.37. The van der Waals surface area contributed by atoms with Gasteiger partial charge in [0.1, 0.15) is 12.0 Å². The molecule has 0 bridgehead atoms. The van der Waals surface area contributed by atoms with E-state index in [1.807, 2.05) is 0 Å². The number of rotatable bonds is 4. The van der Waals surface area contributed by atoms with Crippen LogP contribution in [-0.2, 0) is 0 Å². The average Bonchev–Trinajstić information content (AvgIpc) is 3.03. The molecule has 5 nitrogen and oxygen atoms in total. The van der Waals surface area contributed by atoms with Crippen LogP contribution in [-0.4, -0.2) is 16.5 Å². The smallest absolute Gasteiger partial charge is 0.291 e. The lowest BCUT2D eigenvalue weighted by molar-refractivity contribution is -0.385. The zero-order chi connectivity index (χ0) is 11.7. The van der Waals surface area contributed by atoms with Crippen molar-refractivity contribution in [2.24, 2.45) is 5.92 Å². The van der Waals surface area contributed by atoms with Crippen LogP contribution < -0.4 is 5.32 Å². The van der Waals surface area contributed by atoms with Crippen LogP contribution in [0.25, 0.3) is 0 Å². The van der Waals surface area contributed by atoms with Gasteiger partial charge in [0.25, 0.3) is 5.69 Å². The third kappa shape index (κ3) is 2.32. The van der Waals surface area contributed by atoms with Gasteiger partial charge in [0.2, 0.25) is 0 Å². The zero-order valence-corrected chi connectivity index (χ0v) is 10.5. The van der Waals surface area contributed by atoms with Gasteiger partial charge in [-0.2, -0.15) is 0 Å². The Balaban J connectivity index is 2.19. The molecule has 0 unspecified atom stereocenters. The van der Waals surface area contributed by atoms with Crippen molar-refractivity contribution < 1.29 is 4.92 Å². The van der Waals surface area contributed by atoms with Crippen molar-refractivity contribution in [1.29, 1.82) is 0 Å². The monoisotopic (exact) mass is 285 g/mol. The van der Waals surface area contributed by atoms with Gasteiger partial charge in [-0.15, -0.1) is 0 Å². The second-order valence-electron chi connectivity index (χ2n) is 4.01. The molecule has 86 valence electrons. The van der Waals surface area contributed by atoms with E-state index < -0.39 is 4.92 Å². The van der Waals surface area contributed by atoms with Gasteiger partial charge in [-0.3, -0.25) is 10.1 Å². The molecule has 1 aliphatic rings. The molecule has 0 radical (unpaired) electrons. The van der Waals surface area contributed by atoms with Crippen molar-refractivity contribution >= 4 is 27.4 Å². The maximum absolute atomic E-state index is 10.7. The summed E-state index contributed by atoms with van der Waals surface area (Å²) in [5.74, 6) is 1.43. The molecule has 0 aromatic carbocycles. The number of pyridine rings is 1. The number of hydrogen-bond acceptors (Lipinski definition) is 4. The van der Waals surface area contributed by atoms with Crippen molar-refractivity contribution in [3.05, 3.63) is 26.3 Å². The van der Waals surface area contributed by atoms with Gasteiger partial charge in [-0.1, -0.05) is 0 Å². The fraction of sp³-hybridized carbons (Fsp3) is 0.500. The summed E-state index contributed by atoms with van der Waals surface area (Å²) in [6, 6.07) is 0. The van der Waals surface area contributed by atoms with Gasteiger partial charge in [-0.05, 0) is 41.6 Å². The summed E-state index contributed by atoms with van der Waals surface area (Å²) in [5.41, 5.74) is 0.655. The summed E-state index contributed by atoms with van der Waals surface area (Å²) in [4.78, 5) is 14.3. The third-order valence-electron chi connectivity index (χ3n) is 2.69. The highest BCUT2D eigenvalue weighted by Crippen LogP contribution is 2.33. The minimum atomic E-state index is -0.419. The minimum absolute atomic E-state index is 0.0452. The molecule has 0 saturated heterocycles. The first-order chi connectivity index (χ1) is 7.59. The summed E-state index contributed by atoms with van der Waals surface area (Å²) < 4.78 is 0.683. The van der Waals surface area contributed by atoms with Crippen LogP contribution in [0.5, 0.6) is 0 Å². The van der Waals surface area contributed by atoms with E-state index in [2.05, 4.69) is 26.2 Å². The van der Waals surface area contributed by atoms with E-state index in [1.54, 1.807) is 6.92 Å². The summed E-state index contributed by atoms with van der Waals surface area (Å²) in [6.07, 6.45) is 3.82. The first-order valence-corrected chi connectivity index (χ1v) is 5.92. The van der Waals surface area contributed by atoms with E-state index in [-0.39, 0.29) is 5.69 Å². The Morgan fingerprint density at radius 3 is 2.94 bits per heavy atom. The van der Waals surface area contributed by atoms with E-state index in [1.165, 1.54) is 19.0 Å². The molecule has 1 fully saturated rings. The van der Waals surface area contributed by atoms with Gasteiger partial charge in [0.05, 0.1) is 9.40 Å². The Morgan fingerprint density at radius 1 is 1.69 bits per heavy atom. The van der Waals surface area contributed by atoms with E-state index in [4.69, 9.17) is 0 Å². The molecule has 16 heavy (non-hydrogen) atoms. The van der Waals surface area contributed by atoms with Crippen LogP contribution in [0, 0.1) is 23.0 Å². The molecule has 0 atom stereocenters. The van der Waals surface area contributed by atoms with Gasteiger partial charge in [0.15, 0.2) is 0 Å². The molecule has 2 rings (SSSR count). The number of halogens is 1.